The molecule has 1 heterocycles. The van der Waals surface area contributed by atoms with Crippen LogP contribution < -0.4 is 5.01 Å². The number of hydrogen-bond acceptors (Lipinski definition) is 3. The number of carbonyl (C=O) groups excluding carboxylic acids is 1. The Morgan fingerprint density at radius 3 is 2.15 bits per heavy atom. The van der Waals surface area contributed by atoms with Crippen LogP contribution in [0.25, 0.3) is 0 Å². The third kappa shape index (κ3) is 3.30. The molecule has 0 radical (unpaired) electrons. The number of amides is 1. The van der Waals surface area contributed by atoms with Gasteiger partial charge in [-0.3, -0.25) is 4.79 Å². The summed E-state index contributed by atoms with van der Waals surface area (Å²) in [6.07, 6.45) is -6.82. The number of alkyl halides is 3. The second-order valence-corrected chi connectivity index (χ2v) is 6.34. The van der Waals surface area contributed by atoms with E-state index in [1.165, 1.54) is 30.3 Å². The molecule has 3 rings (SSSR count). The quantitative estimate of drug-likeness (QED) is 0.814. The molecule has 2 aromatic carbocycles. The van der Waals surface area contributed by atoms with Crippen molar-refractivity contribution in [1.29, 1.82) is 0 Å². The standard InChI is InChI=1S/C17H11Cl2F3N2O2/c18-10-7-4-8-11(19)12(10)14(25)13-15(17(20,21)22)23-24(16(13)26)9-5-2-1-3-6-9/h1-8,13-14,25H/t13-,14-/m0/s1. The first-order chi connectivity index (χ1) is 12.2. The van der Waals surface area contributed by atoms with Gasteiger partial charge in [-0.05, 0) is 24.3 Å². The maximum atomic E-state index is 13.5. The summed E-state index contributed by atoms with van der Waals surface area (Å²) in [6.45, 7) is 0. The molecule has 0 bridgehead atoms. The van der Waals surface area contributed by atoms with Gasteiger partial charge in [-0.2, -0.15) is 23.3 Å². The summed E-state index contributed by atoms with van der Waals surface area (Å²) in [5, 5.41) is 14.5. The number of hydrogen-bond donors (Lipinski definition) is 1. The molecule has 0 unspecified atom stereocenters. The molecule has 1 N–H and O–H groups in total. The Bertz CT molecular complexity index is 852. The highest BCUT2D eigenvalue weighted by Crippen LogP contribution is 2.41. The van der Waals surface area contributed by atoms with Crippen molar-refractivity contribution < 1.29 is 23.1 Å². The van der Waals surface area contributed by atoms with Crippen molar-refractivity contribution in [3.8, 4) is 0 Å². The minimum Gasteiger partial charge on any atom is -0.387 e. The van der Waals surface area contributed by atoms with Gasteiger partial charge < -0.3 is 5.11 Å². The van der Waals surface area contributed by atoms with Crippen LogP contribution in [-0.4, -0.2) is 22.9 Å². The molecular formula is C17H11Cl2F3N2O2. The fraction of sp³-hybridized carbons (Fsp3) is 0.176. The van der Waals surface area contributed by atoms with Crippen LogP contribution in [0.4, 0.5) is 18.9 Å². The van der Waals surface area contributed by atoms with Crippen LogP contribution in [0.2, 0.25) is 10.0 Å². The molecule has 1 aliphatic rings. The first kappa shape index (κ1) is 18.7. The number of nitrogens with zero attached hydrogens (tertiary/aromatic N) is 2. The van der Waals surface area contributed by atoms with Crippen molar-refractivity contribution in [2.75, 3.05) is 5.01 Å². The number of carbonyl (C=O) groups is 1. The SMILES string of the molecule is O=C1[C@@H]([C@@H](O)c2c(Cl)cccc2Cl)C(C(F)(F)F)=NN1c1ccccc1. The molecule has 4 nitrogen and oxygen atoms in total. The number of hydrazone groups is 1. The maximum absolute atomic E-state index is 13.5. The van der Waals surface area contributed by atoms with Gasteiger partial charge in [-0.15, -0.1) is 0 Å². The molecule has 0 spiro atoms. The molecule has 136 valence electrons. The van der Waals surface area contributed by atoms with Gasteiger partial charge in [0.25, 0.3) is 5.91 Å². The van der Waals surface area contributed by atoms with Crippen LogP contribution >= 0.6 is 23.2 Å². The lowest BCUT2D eigenvalue weighted by Gasteiger charge is -2.22. The predicted molar refractivity (Wildman–Crippen MR) is 92.3 cm³/mol. The zero-order valence-electron chi connectivity index (χ0n) is 12.9. The number of anilines is 1. The summed E-state index contributed by atoms with van der Waals surface area (Å²) in [7, 11) is 0. The van der Waals surface area contributed by atoms with Gasteiger partial charge in [0.05, 0.1) is 11.8 Å². The Labute approximate surface area is 156 Å². The molecule has 9 heteroatoms. The molecule has 0 saturated heterocycles. The summed E-state index contributed by atoms with van der Waals surface area (Å²) in [6, 6.07) is 11.8. The average molecular weight is 403 g/mol. The Kier molecular flexibility index (Phi) is 4.96. The van der Waals surface area contributed by atoms with Crippen LogP contribution in [0.1, 0.15) is 11.7 Å². The van der Waals surface area contributed by atoms with Crippen molar-refractivity contribution in [2.24, 2.45) is 11.0 Å². The van der Waals surface area contributed by atoms with Crippen molar-refractivity contribution in [1.82, 2.24) is 0 Å². The zero-order chi connectivity index (χ0) is 19.1. The van der Waals surface area contributed by atoms with E-state index in [1.807, 2.05) is 0 Å². The fourth-order valence-corrected chi connectivity index (χ4v) is 3.32. The molecule has 2 aromatic rings. The third-order valence-corrected chi connectivity index (χ3v) is 4.54. The second-order valence-electron chi connectivity index (χ2n) is 5.53. The summed E-state index contributed by atoms with van der Waals surface area (Å²) >= 11 is 12.0. The smallest absolute Gasteiger partial charge is 0.387 e. The Balaban J connectivity index is 2.08. The zero-order valence-corrected chi connectivity index (χ0v) is 14.4. The fourth-order valence-electron chi connectivity index (χ4n) is 2.70. The van der Waals surface area contributed by atoms with Crippen molar-refractivity contribution in [3.05, 3.63) is 64.1 Å². The van der Waals surface area contributed by atoms with Gasteiger partial charge in [0.1, 0.15) is 5.92 Å². The predicted octanol–water partition coefficient (Wildman–Crippen LogP) is 4.61. The lowest BCUT2D eigenvalue weighted by atomic mass is 9.90. The number of aliphatic hydroxyl groups excluding tert-OH is 1. The van der Waals surface area contributed by atoms with Crippen molar-refractivity contribution in [3.63, 3.8) is 0 Å². The van der Waals surface area contributed by atoms with E-state index in [-0.39, 0.29) is 21.3 Å². The minimum atomic E-state index is -4.92. The summed E-state index contributed by atoms with van der Waals surface area (Å²) in [5.74, 6) is -3.00. The Hall–Kier alpha value is -2.09. The lowest BCUT2D eigenvalue weighted by molar-refractivity contribution is -0.123. The number of benzene rings is 2. The van der Waals surface area contributed by atoms with E-state index in [0.717, 1.165) is 0 Å². The van der Waals surface area contributed by atoms with E-state index in [4.69, 9.17) is 23.2 Å². The van der Waals surface area contributed by atoms with Crippen LogP contribution in [-0.2, 0) is 4.79 Å². The molecule has 26 heavy (non-hydrogen) atoms. The van der Waals surface area contributed by atoms with Crippen molar-refractivity contribution >= 4 is 40.5 Å². The first-order valence-electron chi connectivity index (χ1n) is 7.38. The highest BCUT2D eigenvalue weighted by atomic mass is 35.5. The van der Waals surface area contributed by atoms with Gasteiger partial charge in [-0.1, -0.05) is 47.5 Å². The summed E-state index contributed by atoms with van der Waals surface area (Å²) in [4.78, 5) is 12.7. The minimum absolute atomic E-state index is 0.0440. The molecule has 0 aliphatic carbocycles. The number of aliphatic hydroxyl groups is 1. The number of rotatable bonds is 3. The highest BCUT2D eigenvalue weighted by molar-refractivity contribution is 6.36. The molecule has 0 saturated carbocycles. The Morgan fingerprint density at radius 1 is 1.04 bits per heavy atom. The third-order valence-electron chi connectivity index (χ3n) is 3.88. The van der Waals surface area contributed by atoms with E-state index in [1.54, 1.807) is 18.2 Å². The van der Waals surface area contributed by atoms with E-state index in [2.05, 4.69) is 5.10 Å². The lowest BCUT2D eigenvalue weighted by Crippen LogP contribution is -2.37. The van der Waals surface area contributed by atoms with E-state index in [9.17, 15) is 23.1 Å². The van der Waals surface area contributed by atoms with E-state index >= 15 is 0 Å². The van der Waals surface area contributed by atoms with Gasteiger partial charge in [0.15, 0.2) is 5.71 Å². The topological polar surface area (TPSA) is 52.9 Å². The first-order valence-corrected chi connectivity index (χ1v) is 8.14. The summed E-state index contributed by atoms with van der Waals surface area (Å²) in [5.41, 5.74) is -1.41. The monoisotopic (exact) mass is 402 g/mol. The van der Waals surface area contributed by atoms with Crippen molar-refractivity contribution in [2.45, 2.75) is 12.3 Å². The molecule has 0 aromatic heterocycles. The molecule has 2 atom stereocenters. The van der Waals surface area contributed by atoms with Gasteiger partial charge in [-0.25, -0.2) is 0 Å². The Morgan fingerprint density at radius 2 is 1.62 bits per heavy atom. The largest absolute Gasteiger partial charge is 0.432 e. The highest BCUT2D eigenvalue weighted by Gasteiger charge is 2.53. The molecular weight excluding hydrogens is 392 g/mol. The number of halogens is 5. The average Bonchev–Trinajstić information content (AvgIpc) is 2.93. The van der Waals surface area contributed by atoms with Crippen LogP contribution in [0.3, 0.4) is 0 Å². The van der Waals surface area contributed by atoms with Crippen LogP contribution in [0.5, 0.6) is 0 Å². The molecule has 1 aliphatic heterocycles. The molecule has 0 fully saturated rings. The van der Waals surface area contributed by atoms with Crippen LogP contribution in [0, 0.1) is 5.92 Å². The van der Waals surface area contributed by atoms with E-state index < -0.39 is 29.8 Å². The normalized spacial score (nSPS) is 18.8. The second kappa shape index (κ2) is 6.90. The van der Waals surface area contributed by atoms with E-state index in [0.29, 0.717) is 5.01 Å². The number of para-hydroxylation sites is 1. The van der Waals surface area contributed by atoms with Gasteiger partial charge in [0.2, 0.25) is 0 Å². The van der Waals surface area contributed by atoms with Gasteiger partial charge >= 0.3 is 6.18 Å². The maximum Gasteiger partial charge on any atom is 0.432 e. The van der Waals surface area contributed by atoms with Crippen LogP contribution in [0.15, 0.2) is 53.6 Å². The molecule has 1 amide bonds. The van der Waals surface area contributed by atoms with Gasteiger partial charge in [0, 0.05) is 15.6 Å². The summed E-state index contributed by atoms with van der Waals surface area (Å²) < 4.78 is 40.4.